The Hall–Kier alpha value is -1.70. The summed E-state index contributed by atoms with van der Waals surface area (Å²) in [4.78, 5) is 2.67. The number of benzene rings is 1. The van der Waals surface area contributed by atoms with E-state index in [0.717, 1.165) is 26.1 Å². The predicted octanol–water partition coefficient (Wildman–Crippen LogP) is 1.76. The molecule has 1 saturated heterocycles. The summed E-state index contributed by atoms with van der Waals surface area (Å²) in [6.07, 6.45) is 2.48. The lowest BCUT2D eigenvalue weighted by molar-refractivity contribution is 0.190. The van der Waals surface area contributed by atoms with Crippen LogP contribution in [0.25, 0.3) is 0 Å². The normalized spacial score (nSPS) is 17.0. The topological polar surface area (TPSA) is 58.4 Å². The maximum atomic E-state index is 12.9. The van der Waals surface area contributed by atoms with E-state index in [0.29, 0.717) is 30.2 Å². The molecule has 2 aromatic rings. The minimum Gasteiger partial charge on any atom is -0.300 e. The van der Waals surface area contributed by atoms with E-state index in [1.54, 1.807) is 8.99 Å². The molecule has 0 bridgehead atoms. The first-order valence-corrected chi connectivity index (χ1v) is 10.2. The average molecular weight is 362 g/mol. The second-order valence-electron chi connectivity index (χ2n) is 6.39. The molecule has 1 fully saturated rings. The fourth-order valence-corrected chi connectivity index (χ4v) is 4.85. The van der Waals surface area contributed by atoms with Crippen LogP contribution in [0, 0.1) is 6.92 Å². The van der Waals surface area contributed by atoms with Gasteiger partial charge in [0.05, 0.1) is 11.9 Å². The van der Waals surface area contributed by atoms with Crippen LogP contribution in [0.5, 0.6) is 0 Å². The van der Waals surface area contributed by atoms with Gasteiger partial charge in [-0.05, 0) is 25.8 Å². The van der Waals surface area contributed by atoms with Gasteiger partial charge < -0.3 is 4.90 Å². The number of hydrogen-bond acceptors (Lipinski definition) is 4. The van der Waals surface area contributed by atoms with Crippen molar-refractivity contribution in [3.05, 3.63) is 47.8 Å². The lowest BCUT2D eigenvalue weighted by Crippen LogP contribution is -2.49. The molecule has 3 rings (SSSR count). The van der Waals surface area contributed by atoms with E-state index in [4.69, 9.17) is 0 Å². The third-order valence-electron chi connectivity index (χ3n) is 4.87. The quantitative estimate of drug-likeness (QED) is 0.786. The van der Waals surface area contributed by atoms with Gasteiger partial charge in [0.15, 0.2) is 0 Å². The molecule has 0 radical (unpaired) electrons. The highest BCUT2D eigenvalue weighted by molar-refractivity contribution is 7.89. The standard InChI is InChI=1S/C18H26N4O2S/c1-3-22-16(2)18(15-19-22)25(23,24)21-13-11-20(12-14-21)10-9-17-7-5-4-6-8-17/h4-8,15H,3,9-14H2,1-2H3. The number of nitrogens with zero attached hydrogens (tertiary/aromatic N) is 4. The molecule has 7 heteroatoms. The number of aryl methyl sites for hydroxylation is 1. The fraction of sp³-hybridized carbons (Fsp3) is 0.500. The first-order valence-electron chi connectivity index (χ1n) is 8.81. The van der Waals surface area contributed by atoms with Gasteiger partial charge in [-0.1, -0.05) is 30.3 Å². The van der Waals surface area contributed by atoms with E-state index in [9.17, 15) is 8.42 Å². The average Bonchev–Trinajstić information content (AvgIpc) is 3.02. The van der Waals surface area contributed by atoms with Gasteiger partial charge in [-0.2, -0.15) is 9.40 Å². The van der Waals surface area contributed by atoms with Crippen molar-refractivity contribution in [2.75, 3.05) is 32.7 Å². The van der Waals surface area contributed by atoms with Crippen LogP contribution in [0.3, 0.4) is 0 Å². The van der Waals surface area contributed by atoms with Crippen molar-refractivity contribution in [1.82, 2.24) is 19.0 Å². The fourth-order valence-electron chi connectivity index (χ4n) is 3.27. The second-order valence-corrected chi connectivity index (χ2v) is 8.30. The molecule has 0 saturated carbocycles. The summed E-state index contributed by atoms with van der Waals surface area (Å²) in [7, 11) is -3.45. The summed E-state index contributed by atoms with van der Waals surface area (Å²) in [6.45, 7) is 8.03. The smallest absolute Gasteiger partial charge is 0.246 e. The third kappa shape index (κ3) is 3.94. The molecule has 0 amide bonds. The number of rotatable bonds is 6. The molecule has 0 N–H and O–H groups in total. The van der Waals surface area contributed by atoms with Gasteiger partial charge in [-0.15, -0.1) is 0 Å². The molecule has 1 aromatic carbocycles. The van der Waals surface area contributed by atoms with Crippen LogP contribution in [0.15, 0.2) is 41.4 Å². The number of hydrogen-bond donors (Lipinski definition) is 0. The molecular formula is C18H26N4O2S. The monoisotopic (exact) mass is 362 g/mol. The third-order valence-corrected chi connectivity index (χ3v) is 6.87. The van der Waals surface area contributed by atoms with Crippen molar-refractivity contribution < 1.29 is 8.42 Å². The maximum Gasteiger partial charge on any atom is 0.246 e. The Balaban J connectivity index is 1.58. The van der Waals surface area contributed by atoms with Gasteiger partial charge in [0.2, 0.25) is 10.0 Å². The van der Waals surface area contributed by atoms with Crippen LogP contribution in [0.2, 0.25) is 0 Å². The van der Waals surface area contributed by atoms with Gasteiger partial charge in [-0.3, -0.25) is 4.68 Å². The van der Waals surface area contributed by atoms with Gasteiger partial charge in [0.25, 0.3) is 0 Å². The molecule has 0 aliphatic carbocycles. The van der Waals surface area contributed by atoms with Crippen LogP contribution < -0.4 is 0 Å². The molecule has 1 aliphatic heterocycles. The van der Waals surface area contributed by atoms with Crippen molar-refractivity contribution >= 4 is 10.0 Å². The van der Waals surface area contributed by atoms with Crippen molar-refractivity contribution in [2.45, 2.75) is 31.7 Å². The van der Waals surface area contributed by atoms with E-state index >= 15 is 0 Å². The van der Waals surface area contributed by atoms with Crippen LogP contribution in [0.4, 0.5) is 0 Å². The highest BCUT2D eigenvalue weighted by atomic mass is 32.2. The zero-order valence-electron chi connectivity index (χ0n) is 14.9. The summed E-state index contributed by atoms with van der Waals surface area (Å²) >= 11 is 0. The molecular weight excluding hydrogens is 336 g/mol. The molecule has 0 atom stereocenters. The zero-order valence-corrected chi connectivity index (χ0v) is 15.7. The van der Waals surface area contributed by atoms with Crippen molar-refractivity contribution in [2.24, 2.45) is 0 Å². The molecule has 1 aromatic heterocycles. The Kier molecular flexibility index (Phi) is 5.56. The van der Waals surface area contributed by atoms with Crippen LogP contribution in [-0.2, 0) is 23.0 Å². The highest BCUT2D eigenvalue weighted by Gasteiger charge is 2.31. The van der Waals surface area contributed by atoms with Crippen LogP contribution in [-0.4, -0.2) is 60.1 Å². The summed E-state index contributed by atoms with van der Waals surface area (Å²) in [5.74, 6) is 0. The summed E-state index contributed by atoms with van der Waals surface area (Å²) in [6, 6.07) is 10.4. The lowest BCUT2D eigenvalue weighted by atomic mass is 10.1. The number of aromatic nitrogens is 2. The van der Waals surface area contributed by atoms with Gasteiger partial charge >= 0.3 is 0 Å². The van der Waals surface area contributed by atoms with E-state index in [1.807, 2.05) is 19.9 Å². The van der Waals surface area contributed by atoms with Crippen molar-refractivity contribution in [3.63, 3.8) is 0 Å². The van der Waals surface area contributed by atoms with Crippen LogP contribution in [0.1, 0.15) is 18.2 Å². The van der Waals surface area contributed by atoms with Crippen LogP contribution >= 0.6 is 0 Å². The SMILES string of the molecule is CCn1ncc(S(=O)(=O)N2CCN(CCc3ccccc3)CC2)c1C. The molecule has 6 nitrogen and oxygen atoms in total. The van der Waals surface area contributed by atoms with Crippen molar-refractivity contribution in [3.8, 4) is 0 Å². The largest absolute Gasteiger partial charge is 0.300 e. The maximum absolute atomic E-state index is 12.9. The first-order chi connectivity index (χ1) is 12.0. The minimum absolute atomic E-state index is 0.340. The van der Waals surface area contributed by atoms with Gasteiger partial charge in [-0.25, -0.2) is 8.42 Å². The van der Waals surface area contributed by atoms with Crippen molar-refractivity contribution in [1.29, 1.82) is 0 Å². The zero-order chi connectivity index (χ0) is 17.9. The summed E-state index contributed by atoms with van der Waals surface area (Å²) < 4.78 is 29.1. The van der Waals surface area contributed by atoms with E-state index in [2.05, 4.69) is 34.3 Å². The number of piperazine rings is 1. The molecule has 1 aliphatic rings. The molecule has 25 heavy (non-hydrogen) atoms. The molecule has 0 spiro atoms. The predicted molar refractivity (Wildman–Crippen MR) is 98.0 cm³/mol. The molecule has 0 unspecified atom stereocenters. The summed E-state index contributed by atoms with van der Waals surface area (Å²) in [5, 5.41) is 4.17. The van der Waals surface area contributed by atoms with E-state index in [-0.39, 0.29) is 0 Å². The highest BCUT2D eigenvalue weighted by Crippen LogP contribution is 2.21. The van der Waals surface area contributed by atoms with Gasteiger partial charge in [0.1, 0.15) is 4.90 Å². The minimum atomic E-state index is -3.45. The van der Waals surface area contributed by atoms with Gasteiger partial charge in [0, 0.05) is 39.3 Å². The number of sulfonamides is 1. The second kappa shape index (κ2) is 7.68. The Morgan fingerprint density at radius 1 is 1.08 bits per heavy atom. The van der Waals surface area contributed by atoms with E-state index < -0.39 is 10.0 Å². The molecule has 136 valence electrons. The Labute approximate surface area is 150 Å². The molecule has 2 heterocycles. The first kappa shape index (κ1) is 18.1. The Morgan fingerprint density at radius 3 is 2.36 bits per heavy atom. The Bertz CT molecular complexity index is 794. The summed E-state index contributed by atoms with van der Waals surface area (Å²) in [5.41, 5.74) is 2.04. The Morgan fingerprint density at radius 2 is 1.76 bits per heavy atom. The lowest BCUT2D eigenvalue weighted by Gasteiger charge is -2.33. The van der Waals surface area contributed by atoms with E-state index in [1.165, 1.54) is 11.8 Å².